The summed E-state index contributed by atoms with van der Waals surface area (Å²) < 4.78 is 0. The van der Waals surface area contributed by atoms with Gasteiger partial charge in [0, 0.05) is 13.1 Å². The molecular weight excluding hydrogens is 484 g/mol. The fourth-order valence-electron chi connectivity index (χ4n) is 7.14. The van der Waals surface area contributed by atoms with Crippen LogP contribution < -0.4 is 10.6 Å². The molecule has 2 aliphatic heterocycles. The first-order chi connectivity index (χ1) is 19.8. The molecule has 0 spiro atoms. The first-order valence-corrected chi connectivity index (χ1v) is 17.5. The molecule has 2 heterocycles. The third kappa shape index (κ3) is 9.73. The van der Waals surface area contributed by atoms with Crippen LogP contribution in [0.3, 0.4) is 0 Å². The normalized spacial score (nSPS) is 19.6. The maximum absolute atomic E-state index is 3.65. The fourth-order valence-corrected chi connectivity index (χ4v) is 7.14. The Balaban J connectivity index is 1.57. The third-order valence-corrected chi connectivity index (χ3v) is 9.68. The van der Waals surface area contributed by atoms with Gasteiger partial charge in [-0.1, -0.05) is 114 Å². The van der Waals surface area contributed by atoms with Crippen molar-refractivity contribution < 1.29 is 0 Å². The summed E-state index contributed by atoms with van der Waals surface area (Å²) in [5, 5.41) is 7.31. The first-order valence-electron chi connectivity index (χ1n) is 17.5. The van der Waals surface area contributed by atoms with E-state index in [1.807, 2.05) is 0 Å². The van der Waals surface area contributed by atoms with Crippen LogP contribution in [-0.4, -0.2) is 26.2 Å². The predicted octanol–water partition coefficient (Wildman–Crippen LogP) is 10.1. The summed E-state index contributed by atoms with van der Waals surface area (Å²) >= 11 is 0. The van der Waals surface area contributed by atoms with Crippen LogP contribution in [-0.2, 0) is 12.8 Å². The van der Waals surface area contributed by atoms with Gasteiger partial charge in [-0.25, -0.2) is 0 Å². The average Bonchev–Trinajstić information content (AvgIpc) is 3.01. The molecule has 222 valence electrons. The maximum Gasteiger partial charge on any atom is 0.00201 e. The lowest BCUT2D eigenvalue weighted by Gasteiger charge is -2.26. The summed E-state index contributed by atoms with van der Waals surface area (Å²) in [6, 6.07) is 15.2. The Bertz CT molecular complexity index is 888. The molecule has 2 aliphatic rings. The van der Waals surface area contributed by atoms with Crippen LogP contribution in [0, 0.1) is 0 Å². The second-order valence-corrected chi connectivity index (χ2v) is 13.0. The lowest BCUT2D eigenvalue weighted by Crippen LogP contribution is -2.28. The summed E-state index contributed by atoms with van der Waals surface area (Å²) in [5.74, 6) is 1.35. The molecule has 4 rings (SSSR count). The van der Waals surface area contributed by atoms with Crippen molar-refractivity contribution in [3.63, 3.8) is 0 Å². The van der Waals surface area contributed by atoms with Crippen LogP contribution in [0.2, 0.25) is 0 Å². The number of nitrogens with one attached hydrogen (secondary N) is 2. The number of hydrogen-bond donors (Lipinski definition) is 2. The summed E-state index contributed by atoms with van der Waals surface area (Å²) in [5.41, 5.74) is 9.40. The van der Waals surface area contributed by atoms with Crippen molar-refractivity contribution in [3.8, 4) is 11.1 Å². The topological polar surface area (TPSA) is 24.1 Å². The monoisotopic (exact) mass is 544 g/mol. The van der Waals surface area contributed by atoms with Gasteiger partial charge in [-0.3, -0.25) is 0 Å². The molecule has 2 N–H and O–H groups in total. The van der Waals surface area contributed by atoms with Crippen molar-refractivity contribution >= 4 is 0 Å². The van der Waals surface area contributed by atoms with E-state index in [4.69, 9.17) is 0 Å². The number of hydrogen-bond acceptors (Lipinski definition) is 2. The van der Waals surface area contributed by atoms with Crippen LogP contribution >= 0.6 is 0 Å². The van der Waals surface area contributed by atoms with Gasteiger partial charge >= 0.3 is 0 Å². The highest BCUT2D eigenvalue weighted by atomic mass is 14.9. The highest BCUT2D eigenvalue weighted by molar-refractivity contribution is 5.72. The standard InChI is InChI=1S/C38H60N2/c1-3-5-7-9-11-13-17-33-27-31(35-19-15-25-39-29-35)21-23-37(33)38-24-22-32(36-20-16-26-40-30-36)28-34(38)18-14-12-10-8-6-4-2/h21-24,27-28,35-36,39-40H,3-20,25-26,29-30H2,1-2H3. The van der Waals surface area contributed by atoms with Gasteiger partial charge in [0.25, 0.3) is 0 Å². The van der Waals surface area contributed by atoms with E-state index in [1.165, 1.54) is 140 Å². The zero-order valence-electron chi connectivity index (χ0n) is 26.2. The molecule has 2 aromatic rings. The zero-order chi connectivity index (χ0) is 27.8. The van der Waals surface area contributed by atoms with E-state index >= 15 is 0 Å². The van der Waals surface area contributed by atoms with Crippen LogP contribution in [0.5, 0.6) is 0 Å². The molecule has 2 atom stereocenters. The van der Waals surface area contributed by atoms with Crippen molar-refractivity contribution in [1.82, 2.24) is 10.6 Å². The average molecular weight is 545 g/mol. The number of aryl methyl sites for hydroxylation is 2. The summed E-state index contributed by atoms with van der Waals surface area (Å²) in [6.45, 7) is 9.29. The minimum atomic E-state index is 0.676. The molecule has 0 radical (unpaired) electrons. The number of benzene rings is 2. The molecule has 40 heavy (non-hydrogen) atoms. The predicted molar refractivity (Wildman–Crippen MR) is 176 cm³/mol. The zero-order valence-corrected chi connectivity index (χ0v) is 26.2. The van der Waals surface area contributed by atoms with Crippen molar-refractivity contribution in [2.45, 2.75) is 141 Å². The van der Waals surface area contributed by atoms with E-state index in [0.717, 1.165) is 13.1 Å². The van der Waals surface area contributed by atoms with Crippen molar-refractivity contribution in [3.05, 3.63) is 58.7 Å². The van der Waals surface area contributed by atoms with E-state index in [1.54, 1.807) is 22.3 Å². The Morgan fingerprint density at radius 3 is 1.38 bits per heavy atom. The minimum Gasteiger partial charge on any atom is -0.316 e. The number of unbranched alkanes of at least 4 members (excludes halogenated alkanes) is 10. The fraction of sp³-hybridized carbons (Fsp3) is 0.684. The Labute approximate surface area is 247 Å². The van der Waals surface area contributed by atoms with Crippen LogP contribution in [0.4, 0.5) is 0 Å². The van der Waals surface area contributed by atoms with Crippen LogP contribution in [0.25, 0.3) is 11.1 Å². The van der Waals surface area contributed by atoms with Gasteiger partial charge in [-0.15, -0.1) is 0 Å². The second-order valence-electron chi connectivity index (χ2n) is 13.0. The molecule has 2 aromatic carbocycles. The first kappa shape index (κ1) is 31.3. The highest BCUT2D eigenvalue weighted by Crippen LogP contribution is 2.36. The number of rotatable bonds is 17. The van der Waals surface area contributed by atoms with E-state index in [2.05, 4.69) is 60.9 Å². The van der Waals surface area contributed by atoms with E-state index < -0.39 is 0 Å². The molecule has 2 unspecified atom stereocenters. The van der Waals surface area contributed by atoms with Crippen molar-refractivity contribution in [1.29, 1.82) is 0 Å². The molecule has 0 saturated carbocycles. The highest BCUT2D eigenvalue weighted by Gasteiger charge is 2.20. The molecule has 0 aliphatic carbocycles. The smallest absolute Gasteiger partial charge is 0.00201 e. The second kappa shape index (κ2) is 18.0. The molecule has 2 saturated heterocycles. The molecule has 2 fully saturated rings. The third-order valence-electron chi connectivity index (χ3n) is 9.68. The van der Waals surface area contributed by atoms with Gasteiger partial charge in [0.05, 0.1) is 0 Å². The summed E-state index contributed by atoms with van der Waals surface area (Å²) in [4.78, 5) is 0. The SMILES string of the molecule is CCCCCCCCc1cc(C2CCCNC2)ccc1-c1ccc(C2CCCNC2)cc1CCCCCCCC. The minimum absolute atomic E-state index is 0.676. The van der Waals surface area contributed by atoms with Gasteiger partial charge in [0.1, 0.15) is 0 Å². The molecule has 2 heteroatoms. The van der Waals surface area contributed by atoms with E-state index in [-0.39, 0.29) is 0 Å². The van der Waals surface area contributed by atoms with Gasteiger partial charge in [-0.2, -0.15) is 0 Å². The molecule has 0 aromatic heterocycles. The molecule has 2 nitrogen and oxygen atoms in total. The van der Waals surface area contributed by atoms with E-state index in [0.29, 0.717) is 11.8 Å². The van der Waals surface area contributed by atoms with Gasteiger partial charge in [0.15, 0.2) is 0 Å². The summed E-state index contributed by atoms with van der Waals surface area (Å²) in [6.07, 6.45) is 24.1. The Kier molecular flexibility index (Phi) is 14.1. The Morgan fingerprint density at radius 2 is 0.975 bits per heavy atom. The molecule has 0 bridgehead atoms. The van der Waals surface area contributed by atoms with Crippen LogP contribution in [0.1, 0.15) is 151 Å². The lowest BCUT2D eigenvalue weighted by atomic mass is 9.83. The van der Waals surface area contributed by atoms with E-state index in [9.17, 15) is 0 Å². The summed E-state index contributed by atoms with van der Waals surface area (Å²) in [7, 11) is 0. The number of piperidine rings is 2. The van der Waals surface area contributed by atoms with Crippen LogP contribution in [0.15, 0.2) is 36.4 Å². The largest absolute Gasteiger partial charge is 0.316 e. The Hall–Kier alpha value is -1.64. The molecular formula is C38H60N2. The quantitative estimate of drug-likeness (QED) is 0.194. The van der Waals surface area contributed by atoms with Gasteiger partial charge in [0.2, 0.25) is 0 Å². The lowest BCUT2D eigenvalue weighted by molar-refractivity contribution is 0.461. The Morgan fingerprint density at radius 1 is 0.550 bits per heavy atom. The van der Waals surface area contributed by atoms with Gasteiger partial charge < -0.3 is 10.6 Å². The van der Waals surface area contributed by atoms with Gasteiger partial charge in [-0.05, 0) is 110 Å². The maximum atomic E-state index is 3.65. The molecule has 0 amide bonds. The van der Waals surface area contributed by atoms with Crippen molar-refractivity contribution in [2.24, 2.45) is 0 Å². The van der Waals surface area contributed by atoms with Crippen molar-refractivity contribution in [2.75, 3.05) is 26.2 Å².